The van der Waals surface area contributed by atoms with Crippen LogP contribution in [0.3, 0.4) is 0 Å². The molecule has 0 bridgehead atoms. The summed E-state index contributed by atoms with van der Waals surface area (Å²) in [5.41, 5.74) is 0. The fourth-order valence-corrected chi connectivity index (χ4v) is 0. The van der Waals surface area contributed by atoms with Gasteiger partial charge in [-0.25, -0.2) is 0 Å². The molecule has 0 aromatic carbocycles. The van der Waals surface area contributed by atoms with Crippen LogP contribution in [0.15, 0.2) is 0 Å². The standard InChI is InChI=1S/AsH3O4.O/c2-1(3,4)5;/h(H3,2,3,4,5);. The Labute approximate surface area is 36.9 Å². The van der Waals surface area contributed by atoms with Gasteiger partial charge >= 0.3 is 30.5 Å². The Hall–Kier alpha value is 0.198. The fraction of sp³-hybridized carbons (Fsp3) is 0. The van der Waals surface area contributed by atoms with E-state index in [2.05, 4.69) is 0 Å². The van der Waals surface area contributed by atoms with Crippen molar-refractivity contribution in [3.8, 4) is 0 Å². The minimum atomic E-state index is -5.12. The Morgan fingerprint density at radius 3 is 1.17 bits per heavy atom. The van der Waals surface area contributed by atoms with Gasteiger partial charge in [-0.3, -0.25) is 0 Å². The summed E-state index contributed by atoms with van der Waals surface area (Å²) in [6, 6.07) is 0. The normalized spacial score (nSPS) is 9.83. The van der Waals surface area contributed by atoms with Crippen molar-refractivity contribution in [2.24, 2.45) is 0 Å². The van der Waals surface area contributed by atoms with Crippen LogP contribution < -0.4 is 0 Å². The first-order chi connectivity index (χ1) is 2.00. The van der Waals surface area contributed by atoms with E-state index in [1.54, 1.807) is 0 Å². The van der Waals surface area contributed by atoms with Gasteiger partial charge in [0.2, 0.25) is 0 Å². The van der Waals surface area contributed by atoms with Gasteiger partial charge in [0.15, 0.2) is 0 Å². The third-order valence-corrected chi connectivity index (χ3v) is 0. The van der Waals surface area contributed by atoms with E-state index in [0.717, 1.165) is 0 Å². The quantitative estimate of drug-likeness (QED) is 0.345. The molecule has 0 amide bonds. The second-order valence-corrected chi connectivity index (χ2v) is 2.67. The molecule has 0 aliphatic rings. The molecular weight excluding hydrogens is 155 g/mol. The van der Waals surface area contributed by atoms with Crippen LogP contribution in [0.5, 0.6) is 0 Å². The third-order valence-electron chi connectivity index (χ3n) is 0. The van der Waals surface area contributed by atoms with Crippen LogP contribution >= 0.6 is 0 Å². The van der Waals surface area contributed by atoms with Crippen molar-refractivity contribution in [1.82, 2.24) is 0 Å². The maximum Gasteiger partial charge on any atom is 0 e. The van der Waals surface area contributed by atoms with Gasteiger partial charge in [-0.2, -0.15) is 0 Å². The smallest absolute Gasteiger partial charge is 0 e. The van der Waals surface area contributed by atoms with Crippen LogP contribution in [0.1, 0.15) is 0 Å². The predicted octanol–water partition coefficient (Wildman–Crippen LogP) is -2.29. The zero-order valence-electron chi connectivity index (χ0n) is 2.61. The summed E-state index contributed by atoms with van der Waals surface area (Å²) in [5, 5.41) is 0. The molecule has 38 valence electrons. The minimum absolute atomic E-state index is 0. The Kier molecular flexibility index (Phi) is 3.78. The first-order valence-electron chi connectivity index (χ1n) is 0.783. The van der Waals surface area contributed by atoms with Crippen LogP contribution in [0.25, 0.3) is 0 Å². The van der Waals surface area contributed by atoms with Crippen LogP contribution in [-0.2, 0) is 9.22 Å². The van der Waals surface area contributed by atoms with Gasteiger partial charge in [0.25, 0.3) is 0 Å². The molecule has 0 saturated heterocycles. The monoisotopic (exact) mass is 158 g/mol. The Bertz CT molecular complexity index is 50.1. The van der Waals surface area contributed by atoms with Crippen molar-refractivity contribution in [2.75, 3.05) is 0 Å². The molecule has 3 N–H and O–H groups in total. The molecular formula is H3AsO5. The van der Waals surface area contributed by atoms with Gasteiger partial charge in [-0.05, 0) is 0 Å². The zero-order chi connectivity index (χ0) is 4.50. The molecule has 0 fully saturated rings. The van der Waals surface area contributed by atoms with Crippen molar-refractivity contribution in [1.29, 1.82) is 0 Å². The molecule has 0 rings (SSSR count). The van der Waals surface area contributed by atoms with E-state index in [1.165, 1.54) is 0 Å². The van der Waals surface area contributed by atoms with Crippen molar-refractivity contribution < 1.29 is 21.5 Å². The summed E-state index contributed by atoms with van der Waals surface area (Å²) < 4.78 is 30.7. The second kappa shape index (κ2) is 2.38. The number of hydrogen-bond acceptors (Lipinski definition) is 1. The van der Waals surface area contributed by atoms with E-state index in [1.807, 2.05) is 0 Å². The number of rotatable bonds is 0. The summed E-state index contributed by atoms with van der Waals surface area (Å²) in [4.78, 5) is 0. The van der Waals surface area contributed by atoms with Crippen molar-refractivity contribution in [2.45, 2.75) is 0 Å². The van der Waals surface area contributed by atoms with Gasteiger partial charge in [0.1, 0.15) is 0 Å². The van der Waals surface area contributed by atoms with Gasteiger partial charge in [0, 0.05) is 5.48 Å². The Morgan fingerprint density at radius 1 is 1.17 bits per heavy atom. The average molecular weight is 158 g/mol. The predicted molar refractivity (Wildman–Crippen MR) is 13.8 cm³/mol. The first-order valence-corrected chi connectivity index (χ1v) is 4.07. The molecule has 5 nitrogen and oxygen atoms in total. The first kappa shape index (κ1) is 9.50. The molecule has 6 heteroatoms. The third kappa shape index (κ3) is 1090. The molecule has 0 unspecified atom stereocenters. The van der Waals surface area contributed by atoms with Crippen LogP contribution in [0.2, 0.25) is 0 Å². The van der Waals surface area contributed by atoms with Gasteiger partial charge in [-0.15, -0.1) is 0 Å². The zero-order valence-corrected chi connectivity index (χ0v) is 4.48. The van der Waals surface area contributed by atoms with Crippen LogP contribution in [0.4, 0.5) is 0 Å². The molecule has 0 saturated carbocycles. The van der Waals surface area contributed by atoms with E-state index < -0.39 is 14.5 Å². The van der Waals surface area contributed by atoms with Gasteiger partial charge in [0.05, 0.1) is 0 Å². The van der Waals surface area contributed by atoms with Crippen molar-refractivity contribution >= 4 is 14.5 Å². The number of hydrogen-bond donors (Lipinski definition) is 3. The Balaban J connectivity index is 0. The van der Waals surface area contributed by atoms with E-state index in [-0.39, 0.29) is 5.48 Å². The molecule has 0 spiro atoms. The van der Waals surface area contributed by atoms with E-state index in [0.29, 0.717) is 0 Å². The Morgan fingerprint density at radius 2 is 1.17 bits per heavy atom. The van der Waals surface area contributed by atoms with Crippen molar-refractivity contribution in [3.05, 3.63) is 0 Å². The summed E-state index contributed by atoms with van der Waals surface area (Å²) in [6.45, 7) is 0. The van der Waals surface area contributed by atoms with Crippen molar-refractivity contribution in [3.63, 3.8) is 0 Å². The maximum absolute atomic E-state index is 8.94. The molecule has 0 aliphatic carbocycles. The summed E-state index contributed by atoms with van der Waals surface area (Å²) in [6.07, 6.45) is 0. The molecule has 0 atom stereocenters. The SMILES string of the molecule is O=[As](O)(O)O.[O]. The molecule has 0 aromatic heterocycles. The van der Waals surface area contributed by atoms with E-state index >= 15 is 0 Å². The van der Waals surface area contributed by atoms with Crippen LogP contribution in [0, 0.1) is 0 Å². The molecule has 0 aromatic rings. The largest absolute Gasteiger partial charge is 0 e. The summed E-state index contributed by atoms with van der Waals surface area (Å²) >= 11 is -5.12. The fourth-order valence-electron chi connectivity index (χ4n) is 0. The van der Waals surface area contributed by atoms with Gasteiger partial charge in [-0.1, -0.05) is 0 Å². The average Bonchev–Trinajstić information content (AvgIpc) is 0.722. The van der Waals surface area contributed by atoms with E-state index in [4.69, 9.17) is 16.0 Å². The molecule has 0 heterocycles. The van der Waals surface area contributed by atoms with E-state index in [9.17, 15) is 0 Å². The maximum atomic E-state index is 8.94. The molecule has 2 radical (unpaired) electrons. The second-order valence-electron chi connectivity index (χ2n) is 0.513. The minimum Gasteiger partial charge on any atom is 0 e. The summed E-state index contributed by atoms with van der Waals surface area (Å²) in [7, 11) is 0. The summed E-state index contributed by atoms with van der Waals surface area (Å²) in [5.74, 6) is 0. The topological polar surface area (TPSA) is 106 Å². The van der Waals surface area contributed by atoms with Gasteiger partial charge < -0.3 is 0 Å². The molecule has 6 heavy (non-hydrogen) atoms. The molecule has 0 aliphatic heterocycles. The van der Waals surface area contributed by atoms with Crippen LogP contribution in [-0.4, -0.2) is 26.8 Å².